The molecule has 6 heterocycles. The van der Waals surface area contributed by atoms with Crippen LogP contribution in [0.1, 0.15) is 128 Å². The van der Waals surface area contributed by atoms with Gasteiger partial charge in [-0.05, 0) is 98.7 Å². The third kappa shape index (κ3) is 26.8. The van der Waals surface area contributed by atoms with Crippen LogP contribution in [0.4, 0.5) is 0 Å². The molecule has 9 rings (SSSR count). The van der Waals surface area contributed by atoms with Gasteiger partial charge in [0.05, 0.1) is 47.5 Å². The van der Waals surface area contributed by atoms with Crippen LogP contribution in [-0.2, 0) is 101 Å². The number of benzene rings is 3. The molecule has 3 aromatic carbocycles. The quantitative estimate of drug-likeness (QED) is 0.0176. The molecule has 17 atom stereocenters. The average Bonchev–Trinajstić information content (AvgIpc) is 1.59. The molecule has 4 aliphatic heterocycles. The largest absolute Gasteiger partial charge is 0.394 e. The molecule has 2 bridgehead atoms. The second-order valence-electron chi connectivity index (χ2n) is 33.8. The number of hydrogen-bond acceptors (Lipinski definition) is 22. The standard InChI is InChI=1S/C87H121Cl2N23O19S/c1-8-10-23-64-79(124)100-55(22-16-28-95-87(93)94)75(120)107-63(74(119)98-40-70(92)116)42-132-43-71(117)99-58(32-46-26-27-51(88)52(89)31-46)82(127)108(5)45(4)73(118)102-60(35-69(91)115)84(129)111-29-17-25-65(111)80(125)105-61(37-90)77(122)103-57-30-44(3)72-68(114)36-67(112(72)85(57)130)81(126)101-56(33-47-38-96-53-20-14-12-18-49(47)53)76(121)106-62(41-113)78(123)104-59(34-48-39-97-54-21-15-13-19-50(48)54)83(128)110(7)66(24-11-9-2)86(131)109(64)6/h12-15,18-21,26-27,31,38-39,44-45,55-68,72,96-97,113-114H,8-11,16-17,22-25,28-30,32-37,40-43,90H2,1-7H3,(H2,91,115)(H2,92,116)(H,98,119)(H,99,117)(H,100,124)(H,101,126)(H,102,118)(H,103,122)(H,104,123)(H,105,125)(H,106,121)(H,107,120)(H4,93,94,95)/t44?,45-,55-,56-,57-,58-,59?,60-,61-,62-,63-,64-,65?,66-,67?,68+,72?/m0/s1. The van der Waals surface area contributed by atoms with E-state index in [9.17, 15) is 58.2 Å². The molecule has 718 valence electrons. The molecule has 2 aromatic heterocycles. The molecule has 0 aliphatic carbocycles. The van der Waals surface area contributed by atoms with E-state index in [1.807, 2.05) is 13.8 Å². The number of unbranched alkanes of at least 4 members (excludes halogenated alkanes) is 2. The average molecular weight is 1900 g/mol. The van der Waals surface area contributed by atoms with Crippen LogP contribution in [0.5, 0.6) is 0 Å². The molecular weight excluding hydrogens is 1770 g/mol. The number of primary amides is 2. The van der Waals surface area contributed by atoms with Gasteiger partial charge in [-0.15, -0.1) is 11.8 Å². The number of thioether (sulfide) groups is 1. The maximum atomic E-state index is 15.7. The number of halogens is 2. The Labute approximate surface area is 776 Å². The molecule has 132 heavy (non-hydrogen) atoms. The highest BCUT2D eigenvalue weighted by molar-refractivity contribution is 8.00. The smallest absolute Gasteiger partial charge is 0.246 e. The summed E-state index contributed by atoms with van der Waals surface area (Å²) in [6.45, 7) is 4.07. The number of amides is 17. The number of nitrogens with two attached hydrogens (primary N) is 4. The lowest BCUT2D eigenvalue weighted by Crippen LogP contribution is -2.65. The highest BCUT2D eigenvalue weighted by atomic mass is 35.5. The van der Waals surface area contributed by atoms with E-state index in [0.717, 1.165) is 36.3 Å². The van der Waals surface area contributed by atoms with Crippen molar-refractivity contribution in [3.05, 3.63) is 106 Å². The van der Waals surface area contributed by atoms with Gasteiger partial charge in [-0.25, -0.2) is 0 Å². The minimum atomic E-state index is -1.89. The van der Waals surface area contributed by atoms with E-state index in [4.69, 9.17) is 51.5 Å². The number of aliphatic hydroxyl groups is 2. The first kappa shape index (κ1) is 104. The molecule has 0 radical (unpaired) electrons. The Balaban J connectivity index is 1.08. The molecule has 0 spiro atoms. The van der Waals surface area contributed by atoms with Crippen molar-refractivity contribution in [2.24, 2.45) is 28.9 Å². The van der Waals surface area contributed by atoms with Crippen molar-refractivity contribution in [3.8, 4) is 0 Å². The van der Waals surface area contributed by atoms with Crippen LogP contribution in [0.15, 0.2) is 79.1 Å². The van der Waals surface area contributed by atoms with Gasteiger partial charge in [0.15, 0.2) is 5.96 Å². The Bertz CT molecular complexity index is 5080. The van der Waals surface area contributed by atoms with Gasteiger partial charge in [0.25, 0.3) is 0 Å². The molecule has 5 aromatic rings. The van der Waals surface area contributed by atoms with E-state index in [1.54, 1.807) is 67.8 Å². The number of H-pyrrole nitrogens is 2. The van der Waals surface area contributed by atoms with Crippen molar-refractivity contribution in [2.75, 3.05) is 65.4 Å². The van der Waals surface area contributed by atoms with Gasteiger partial charge >= 0.3 is 0 Å². The van der Waals surface area contributed by atoms with E-state index >= 15 is 33.6 Å². The first-order valence-electron chi connectivity index (χ1n) is 44.0. The molecule has 5 unspecified atom stereocenters. The van der Waals surface area contributed by atoms with E-state index < -0.39 is 247 Å². The lowest BCUT2D eigenvalue weighted by atomic mass is 9.86. The topological polar surface area (TPSA) is 639 Å². The van der Waals surface area contributed by atoms with Gasteiger partial charge in [-0.1, -0.05) is 112 Å². The summed E-state index contributed by atoms with van der Waals surface area (Å²) in [7, 11) is 3.89. The van der Waals surface area contributed by atoms with Crippen LogP contribution in [0, 0.1) is 11.3 Å². The predicted octanol–water partition coefficient (Wildman–Crippen LogP) is -2.97. The summed E-state index contributed by atoms with van der Waals surface area (Å²) in [6.07, 6.45) is 1.28. The molecule has 42 nitrogen and oxygen atoms in total. The van der Waals surface area contributed by atoms with Crippen molar-refractivity contribution < 1.29 is 91.7 Å². The van der Waals surface area contributed by atoms with Crippen LogP contribution < -0.4 is 81.4 Å². The monoisotopic (exact) mass is 1890 g/mol. The number of nitrogens with one attached hydrogen (secondary N) is 14. The van der Waals surface area contributed by atoms with Gasteiger partial charge in [-0.3, -0.25) is 86.9 Å². The van der Waals surface area contributed by atoms with Crippen molar-refractivity contribution in [1.82, 2.24) is 93.0 Å². The summed E-state index contributed by atoms with van der Waals surface area (Å²) in [5, 5.41) is 61.0. The molecule has 4 saturated heterocycles. The number of nitrogens with zero attached hydrogens (tertiary/aromatic N) is 5. The van der Waals surface area contributed by atoms with Gasteiger partial charge < -0.3 is 126 Å². The zero-order valence-electron chi connectivity index (χ0n) is 74.6. The number of hydrogen-bond donors (Lipinski definition) is 20. The number of para-hydroxylation sites is 2. The number of aromatic nitrogens is 2. The highest BCUT2D eigenvalue weighted by Crippen LogP contribution is 2.38. The molecular formula is C87H121Cl2N23O19S. The van der Waals surface area contributed by atoms with E-state index in [2.05, 4.69) is 68.5 Å². The lowest BCUT2D eigenvalue weighted by molar-refractivity contribution is -0.150. The van der Waals surface area contributed by atoms with Crippen LogP contribution >= 0.6 is 35.0 Å². The number of piperidine rings is 1. The fourth-order valence-corrected chi connectivity index (χ4v) is 18.2. The minimum absolute atomic E-state index is 0.0110. The Morgan fingerprint density at radius 2 is 1.11 bits per heavy atom. The van der Waals surface area contributed by atoms with Gasteiger partial charge in [0.1, 0.15) is 84.6 Å². The number of carbonyl (C=O) groups is 17. The molecule has 4 fully saturated rings. The van der Waals surface area contributed by atoms with Crippen LogP contribution in [-0.4, -0.2) is 313 Å². The zero-order chi connectivity index (χ0) is 96.6. The van der Waals surface area contributed by atoms with Gasteiger partial charge in [-0.2, -0.15) is 0 Å². The number of aliphatic hydroxyl groups excluding tert-OH is 2. The minimum Gasteiger partial charge on any atom is -0.394 e. The number of rotatable bonds is 23. The first-order chi connectivity index (χ1) is 62.8. The molecule has 17 amide bonds. The van der Waals surface area contributed by atoms with Crippen LogP contribution in [0.3, 0.4) is 0 Å². The third-order valence-electron chi connectivity index (χ3n) is 24.3. The van der Waals surface area contributed by atoms with E-state index in [-0.39, 0.29) is 93.8 Å². The van der Waals surface area contributed by atoms with Crippen LogP contribution in [0.2, 0.25) is 10.0 Å². The Morgan fingerprint density at radius 3 is 1.72 bits per heavy atom. The predicted molar refractivity (Wildman–Crippen MR) is 488 cm³/mol. The molecule has 0 saturated carbocycles. The summed E-state index contributed by atoms with van der Waals surface area (Å²) in [4.78, 5) is 260. The third-order valence-corrected chi connectivity index (χ3v) is 26.1. The Hall–Kier alpha value is -12.2. The first-order valence-corrected chi connectivity index (χ1v) is 45.9. The summed E-state index contributed by atoms with van der Waals surface area (Å²) in [5.74, 6) is -18.3. The van der Waals surface area contributed by atoms with Crippen molar-refractivity contribution in [1.29, 1.82) is 5.41 Å². The SMILES string of the molecule is CCCC[C@H]1C(=O)N(C)[C@@H](CCCC)C(=O)N[C@@H](CCCNC(=N)N)C(=O)N[C@H](C(=O)NCC(N)=O)CSCC(=O)N[C@@H](Cc2ccc(Cl)c(Cl)c2)C(=O)N(C)[C@@H](C)C(=O)N[C@@H](CC(N)=O)C(=O)N2CCCC2C(=O)N[C@@H](CN)C(=O)N[C@H]2CC(C)C3[C@H](O)CC(C(=O)N[C@@H](Cc4c[nH]c5ccccc45)C(=O)N[C@@H](CO)C(=O)NC(Cc4c[nH]c5ccccc45)C(=O)N1C)N3C2=O. The Kier molecular flexibility index (Phi) is 37.9. The highest BCUT2D eigenvalue weighted by Gasteiger charge is 2.55. The summed E-state index contributed by atoms with van der Waals surface area (Å²) in [5.41, 5.74) is 25.5. The van der Waals surface area contributed by atoms with Gasteiger partial charge in [0, 0.05) is 106 Å². The number of fused-ring (bicyclic) bond motifs is 4. The maximum absolute atomic E-state index is 15.7. The van der Waals surface area contributed by atoms with Crippen LogP contribution in [0.25, 0.3) is 21.8 Å². The zero-order valence-corrected chi connectivity index (χ0v) is 77.0. The Morgan fingerprint density at radius 1 is 0.553 bits per heavy atom. The number of carbonyl (C=O) groups excluding carboxylic acids is 17. The summed E-state index contributed by atoms with van der Waals surface area (Å²) < 4.78 is 0. The number of likely N-dealkylation sites (N-methyl/N-ethyl adjacent to an activating group) is 3. The number of aromatic amines is 2. The molecule has 4 aliphatic rings. The summed E-state index contributed by atoms with van der Waals surface area (Å²) >= 11 is 13.5. The normalized spacial score (nSPS) is 26.5. The number of guanidine groups is 1. The second kappa shape index (κ2) is 48.3. The lowest BCUT2D eigenvalue weighted by Gasteiger charge is -2.42. The van der Waals surface area contributed by atoms with Crippen molar-refractivity contribution in [3.63, 3.8) is 0 Å². The fourth-order valence-electron chi connectivity index (χ4n) is 17.0. The second-order valence-corrected chi connectivity index (χ2v) is 35.6. The van der Waals surface area contributed by atoms with E-state index in [0.29, 0.717) is 64.2 Å². The van der Waals surface area contributed by atoms with Crippen molar-refractivity contribution in [2.45, 2.75) is 227 Å². The fraction of sp³-hybridized carbons (Fsp3) is 0.540. The molecule has 24 N–H and O–H groups in total. The van der Waals surface area contributed by atoms with E-state index in [1.165, 1.54) is 46.3 Å². The summed E-state index contributed by atoms with van der Waals surface area (Å²) in [6, 6.07) is -4.43. The van der Waals surface area contributed by atoms with Gasteiger partial charge in [0.2, 0.25) is 100 Å². The van der Waals surface area contributed by atoms with Crippen molar-refractivity contribution >= 4 is 163 Å². The maximum Gasteiger partial charge on any atom is 0.246 e. The molecule has 45 heteroatoms.